The van der Waals surface area contributed by atoms with Crippen LogP contribution in [0.4, 0.5) is 10.1 Å². The first-order valence-electron chi connectivity index (χ1n) is 8.80. The van der Waals surface area contributed by atoms with Gasteiger partial charge in [-0.2, -0.15) is 10.4 Å². The average Bonchev–Trinajstić information content (AvgIpc) is 2.70. The molecule has 0 spiro atoms. The van der Waals surface area contributed by atoms with Crippen LogP contribution in [-0.4, -0.2) is 15.7 Å². The first kappa shape index (κ1) is 20.2. The van der Waals surface area contributed by atoms with Gasteiger partial charge in [-0.05, 0) is 55.0 Å². The second-order valence-electron chi connectivity index (χ2n) is 6.24. The van der Waals surface area contributed by atoms with E-state index in [0.29, 0.717) is 34.0 Å². The zero-order valence-electron chi connectivity index (χ0n) is 15.2. The fourth-order valence-corrected chi connectivity index (χ4v) is 2.88. The molecular weight excluding hydrogens is 395 g/mol. The standard InChI is InChI=1S/C21H16ClFN4O2/c22-16-6-3-15(13-24)19(12-16)25-20(28)2-1-11-27-21(29)10-9-18(26-27)14-4-7-17(23)8-5-14/h3-10,12H,1-2,11H2,(H,25,28). The van der Waals surface area contributed by atoms with E-state index in [2.05, 4.69) is 10.4 Å². The minimum absolute atomic E-state index is 0.131. The lowest BCUT2D eigenvalue weighted by Crippen LogP contribution is -2.23. The number of rotatable bonds is 6. The summed E-state index contributed by atoms with van der Waals surface area (Å²) in [4.78, 5) is 24.2. The number of nitriles is 1. The maximum absolute atomic E-state index is 13.1. The molecule has 146 valence electrons. The van der Waals surface area contributed by atoms with Crippen molar-refractivity contribution in [2.75, 3.05) is 5.32 Å². The third kappa shape index (κ3) is 5.27. The lowest BCUT2D eigenvalue weighted by Gasteiger charge is -2.09. The highest BCUT2D eigenvalue weighted by atomic mass is 35.5. The Morgan fingerprint density at radius 3 is 2.66 bits per heavy atom. The van der Waals surface area contributed by atoms with Gasteiger partial charge < -0.3 is 5.32 Å². The Morgan fingerprint density at radius 2 is 1.93 bits per heavy atom. The lowest BCUT2D eigenvalue weighted by molar-refractivity contribution is -0.116. The van der Waals surface area contributed by atoms with Crippen LogP contribution in [0.5, 0.6) is 0 Å². The summed E-state index contributed by atoms with van der Waals surface area (Å²) >= 11 is 5.91. The number of carbonyl (C=O) groups is 1. The maximum atomic E-state index is 13.1. The molecule has 29 heavy (non-hydrogen) atoms. The van der Waals surface area contributed by atoms with Gasteiger partial charge in [0.05, 0.1) is 16.9 Å². The highest BCUT2D eigenvalue weighted by Gasteiger charge is 2.09. The van der Waals surface area contributed by atoms with Gasteiger partial charge in [0.25, 0.3) is 5.56 Å². The molecule has 0 unspecified atom stereocenters. The number of halogens is 2. The number of carbonyl (C=O) groups excluding carboxylic acids is 1. The van der Waals surface area contributed by atoms with E-state index >= 15 is 0 Å². The number of aryl methyl sites for hydroxylation is 1. The van der Waals surface area contributed by atoms with Crippen molar-refractivity contribution in [1.29, 1.82) is 5.26 Å². The Balaban J connectivity index is 1.63. The molecule has 0 aliphatic carbocycles. The van der Waals surface area contributed by atoms with E-state index in [1.807, 2.05) is 6.07 Å². The van der Waals surface area contributed by atoms with E-state index in [4.69, 9.17) is 16.9 Å². The van der Waals surface area contributed by atoms with Crippen molar-refractivity contribution in [3.8, 4) is 17.3 Å². The second-order valence-corrected chi connectivity index (χ2v) is 6.68. The third-order valence-corrected chi connectivity index (χ3v) is 4.39. The highest BCUT2D eigenvalue weighted by molar-refractivity contribution is 6.31. The van der Waals surface area contributed by atoms with E-state index in [1.54, 1.807) is 24.3 Å². The summed E-state index contributed by atoms with van der Waals surface area (Å²) < 4.78 is 14.3. The first-order valence-corrected chi connectivity index (χ1v) is 9.17. The molecule has 3 rings (SSSR count). The smallest absolute Gasteiger partial charge is 0.266 e. The number of amides is 1. The van der Waals surface area contributed by atoms with Crippen LogP contribution in [-0.2, 0) is 11.3 Å². The van der Waals surface area contributed by atoms with Crippen LogP contribution in [0.15, 0.2) is 59.4 Å². The molecule has 3 aromatic rings. The molecule has 1 aromatic heterocycles. The van der Waals surface area contributed by atoms with Crippen molar-refractivity contribution in [3.05, 3.63) is 81.4 Å². The SMILES string of the molecule is N#Cc1ccc(Cl)cc1NC(=O)CCCn1nc(-c2ccc(F)cc2)ccc1=O. The summed E-state index contributed by atoms with van der Waals surface area (Å²) in [5.74, 6) is -0.654. The largest absolute Gasteiger partial charge is 0.325 e. The van der Waals surface area contributed by atoms with Crippen LogP contribution in [0.25, 0.3) is 11.3 Å². The van der Waals surface area contributed by atoms with E-state index in [1.165, 1.54) is 35.0 Å². The van der Waals surface area contributed by atoms with Crippen LogP contribution in [0, 0.1) is 17.1 Å². The summed E-state index contributed by atoms with van der Waals surface area (Å²) in [6.07, 6.45) is 0.500. The normalized spacial score (nSPS) is 10.4. The Labute approximate surface area is 171 Å². The molecule has 0 aliphatic rings. The number of hydrogen-bond donors (Lipinski definition) is 1. The summed E-state index contributed by atoms with van der Waals surface area (Å²) in [6.45, 7) is 0.238. The molecular formula is C21H16ClFN4O2. The van der Waals surface area contributed by atoms with Crippen LogP contribution < -0.4 is 10.9 Å². The summed E-state index contributed by atoms with van der Waals surface area (Å²) in [5, 5.41) is 16.4. The number of nitrogens with zero attached hydrogens (tertiary/aromatic N) is 3. The fraction of sp³-hybridized carbons (Fsp3) is 0.143. The van der Waals surface area contributed by atoms with Crippen LogP contribution in [0.1, 0.15) is 18.4 Å². The van der Waals surface area contributed by atoms with Gasteiger partial charge in [-0.1, -0.05) is 11.6 Å². The van der Waals surface area contributed by atoms with Gasteiger partial charge in [0, 0.05) is 29.6 Å². The molecule has 0 bridgehead atoms. The third-order valence-electron chi connectivity index (χ3n) is 4.16. The predicted molar refractivity (Wildman–Crippen MR) is 108 cm³/mol. The molecule has 0 saturated carbocycles. The van der Waals surface area contributed by atoms with Gasteiger partial charge in [0.2, 0.25) is 5.91 Å². The van der Waals surface area contributed by atoms with Crippen molar-refractivity contribution in [2.45, 2.75) is 19.4 Å². The number of benzene rings is 2. The lowest BCUT2D eigenvalue weighted by atomic mass is 10.1. The maximum Gasteiger partial charge on any atom is 0.266 e. The second kappa shape index (κ2) is 9.13. The van der Waals surface area contributed by atoms with E-state index in [-0.39, 0.29) is 30.2 Å². The van der Waals surface area contributed by atoms with Gasteiger partial charge >= 0.3 is 0 Å². The zero-order valence-corrected chi connectivity index (χ0v) is 16.0. The monoisotopic (exact) mass is 410 g/mol. The van der Waals surface area contributed by atoms with Crippen molar-refractivity contribution in [1.82, 2.24) is 9.78 Å². The molecule has 2 aromatic carbocycles. The van der Waals surface area contributed by atoms with Crippen molar-refractivity contribution in [2.24, 2.45) is 0 Å². The fourth-order valence-electron chi connectivity index (χ4n) is 2.70. The Bertz CT molecular complexity index is 1140. The Kier molecular flexibility index (Phi) is 6.37. The molecule has 1 heterocycles. The molecule has 8 heteroatoms. The van der Waals surface area contributed by atoms with E-state index < -0.39 is 0 Å². The van der Waals surface area contributed by atoms with Crippen molar-refractivity contribution < 1.29 is 9.18 Å². The molecule has 6 nitrogen and oxygen atoms in total. The van der Waals surface area contributed by atoms with E-state index in [9.17, 15) is 14.0 Å². The van der Waals surface area contributed by atoms with E-state index in [0.717, 1.165) is 0 Å². The minimum atomic E-state index is -0.354. The number of anilines is 1. The number of aromatic nitrogens is 2. The molecule has 1 amide bonds. The van der Waals surface area contributed by atoms with Crippen LogP contribution in [0.2, 0.25) is 5.02 Å². The van der Waals surface area contributed by atoms with Crippen LogP contribution >= 0.6 is 11.6 Å². The molecule has 0 radical (unpaired) electrons. The van der Waals surface area contributed by atoms with Gasteiger partial charge in [-0.25, -0.2) is 9.07 Å². The molecule has 0 fully saturated rings. The van der Waals surface area contributed by atoms with Gasteiger partial charge in [0.15, 0.2) is 0 Å². The van der Waals surface area contributed by atoms with Gasteiger partial charge in [-0.3, -0.25) is 9.59 Å². The summed E-state index contributed by atoms with van der Waals surface area (Å²) in [7, 11) is 0. The quantitative estimate of drug-likeness (QED) is 0.665. The summed E-state index contributed by atoms with van der Waals surface area (Å²) in [6, 6.07) is 15.4. The van der Waals surface area contributed by atoms with Crippen molar-refractivity contribution in [3.63, 3.8) is 0 Å². The van der Waals surface area contributed by atoms with Crippen molar-refractivity contribution >= 4 is 23.2 Å². The molecule has 0 atom stereocenters. The number of hydrogen-bond acceptors (Lipinski definition) is 4. The predicted octanol–water partition coefficient (Wildman–Crippen LogP) is 3.99. The zero-order chi connectivity index (χ0) is 20.8. The first-order chi connectivity index (χ1) is 14.0. The highest BCUT2D eigenvalue weighted by Crippen LogP contribution is 2.20. The Hall–Kier alpha value is -3.50. The Morgan fingerprint density at radius 1 is 1.17 bits per heavy atom. The molecule has 0 saturated heterocycles. The average molecular weight is 411 g/mol. The number of nitrogens with one attached hydrogen (secondary N) is 1. The molecule has 1 N–H and O–H groups in total. The minimum Gasteiger partial charge on any atom is -0.325 e. The molecule has 0 aliphatic heterocycles. The summed E-state index contributed by atoms with van der Waals surface area (Å²) in [5.41, 5.74) is 1.58. The van der Waals surface area contributed by atoms with Gasteiger partial charge in [-0.15, -0.1) is 0 Å². The van der Waals surface area contributed by atoms with Crippen LogP contribution in [0.3, 0.4) is 0 Å². The topological polar surface area (TPSA) is 87.8 Å². The van der Waals surface area contributed by atoms with Gasteiger partial charge in [0.1, 0.15) is 11.9 Å².